The SMILES string of the molecule is COC(=O)n1c(O)csc1=S. The van der Waals surface area contributed by atoms with E-state index in [4.69, 9.17) is 17.3 Å². The molecule has 0 unspecified atom stereocenters. The summed E-state index contributed by atoms with van der Waals surface area (Å²) in [6.07, 6.45) is -0.672. The molecule has 0 saturated heterocycles. The molecule has 1 aromatic heterocycles. The Kier molecular flexibility index (Phi) is 2.25. The van der Waals surface area contributed by atoms with Crippen LogP contribution < -0.4 is 0 Å². The van der Waals surface area contributed by atoms with Crippen LogP contribution in [0.1, 0.15) is 0 Å². The molecule has 60 valence electrons. The highest BCUT2D eigenvalue weighted by Crippen LogP contribution is 2.16. The third kappa shape index (κ3) is 1.41. The summed E-state index contributed by atoms with van der Waals surface area (Å²) in [6, 6.07) is 0. The van der Waals surface area contributed by atoms with E-state index < -0.39 is 6.09 Å². The Morgan fingerprint density at radius 3 is 2.91 bits per heavy atom. The van der Waals surface area contributed by atoms with E-state index in [9.17, 15) is 4.79 Å². The molecule has 0 aliphatic rings. The zero-order chi connectivity index (χ0) is 8.43. The molecule has 0 saturated carbocycles. The first-order chi connectivity index (χ1) is 5.16. The second kappa shape index (κ2) is 3.02. The summed E-state index contributed by atoms with van der Waals surface area (Å²) < 4.78 is 5.55. The number of carbonyl (C=O) groups is 1. The minimum Gasteiger partial charge on any atom is -0.493 e. The first kappa shape index (κ1) is 8.22. The summed E-state index contributed by atoms with van der Waals surface area (Å²) in [5.74, 6) is -0.188. The summed E-state index contributed by atoms with van der Waals surface area (Å²) in [7, 11) is 1.22. The van der Waals surface area contributed by atoms with E-state index in [0.29, 0.717) is 0 Å². The number of hydrogen-bond acceptors (Lipinski definition) is 5. The first-order valence-corrected chi connectivity index (χ1v) is 3.93. The van der Waals surface area contributed by atoms with Crippen LogP contribution in [0, 0.1) is 3.95 Å². The number of nitrogens with zero attached hydrogens (tertiary/aromatic N) is 1. The normalized spacial score (nSPS) is 9.55. The zero-order valence-electron chi connectivity index (χ0n) is 5.60. The van der Waals surface area contributed by atoms with Crippen molar-refractivity contribution in [3.63, 3.8) is 0 Å². The van der Waals surface area contributed by atoms with Crippen molar-refractivity contribution in [2.75, 3.05) is 7.11 Å². The Bertz CT molecular complexity index is 327. The molecule has 0 atom stereocenters. The van der Waals surface area contributed by atoms with Crippen molar-refractivity contribution in [3.05, 3.63) is 9.33 Å². The summed E-state index contributed by atoms with van der Waals surface area (Å²) >= 11 is 5.84. The maximum Gasteiger partial charge on any atom is 0.422 e. The number of rotatable bonds is 0. The summed E-state index contributed by atoms with van der Waals surface area (Å²) in [6.45, 7) is 0. The lowest BCUT2D eigenvalue weighted by Gasteiger charge is -1.98. The lowest BCUT2D eigenvalue weighted by Crippen LogP contribution is -2.09. The monoisotopic (exact) mass is 191 g/mol. The first-order valence-electron chi connectivity index (χ1n) is 2.64. The van der Waals surface area contributed by atoms with Crippen molar-refractivity contribution in [2.45, 2.75) is 0 Å². The van der Waals surface area contributed by atoms with Crippen LogP contribution in [-0.2, 0) is 4.74 Å². The molecule has 0 bridgehead atoms. The van der Waals surface area contributed by atoms with Crippen LogP contribution in [0.4, 0.5) is 4.79 Å². The van der Waals surface area contributed by atoms with E-state index in [1.54, 1.807) is 0 Å². The van der Waals surface area contributed by atoms with Gasteiger partial charge < -0.3 is 9.84 Å². The predicted octanol–water partition coefficient (Wildman–Crippen LogP) is 1.60. The lowest BCUT2D eigenvalue weighted by molar-refractivity contribution is 0.170. The third-order valence-electron chi connectivity index (χ3n) is 1.03. The Morgan fingerprint density at radius 2 is 2.55 bits per heavy atom. The van der Waals surface area contributed by atoms with Gasteiger partial charge in [-0.2, -0.15) is 4.57 Å². The molecule has 0 fully saturated rings. The topological polar surface area (TPSA) is 51.5 Å². The molecular formula is C5H5NO3S2. The smallest absolute Gasteiger partial charge is 0.422 e. The number of methoxy groups -OCH3 is 1. The maximum atomic E-state index is 10.8. The molecule has 1 N–H and O–H groups in total. The minimum absolute atomic E-state index is 0.188. The van der Waals surface area contributed by atoms with E-state index in [2.05, 4.69) is 4.74 Å². The Labute approximate surface area is 71.7 Å². The average Bonchev–Trinajstić information content (AvgIpc) is 2.30. The summed E-state index contributed by atoms with van der Waals surface area (Å²) in [5.41, 5.74) is 0. The Morgan fingerprint density at radius 1 is 1.91 bits per heavy atom. The summed E-state index contributed by atoms with van der Waals surface area (Å²) in [5, 5.41) is 10.4. The number of ether oxygens (including phenoxy) is 1. The molecule has 0 radical (unpaired) electrons. The van der Waals surface area contributed by atoms with Gasteiger partial charge in [-0.1, -0.05) is 0 Å². The van der Waals surface area contributed by atoms with Crippen molar-refractivity contribution < 1.29 is 14.6 Å². The van der Waals surface area contributed by atoms with Gasteiger partial charge >= 0.3 is 6.09 Å². The largest absolute Gasteiger partial charge is 0.493 e. The van der Waals surface area contributed by atoms with Gasteiger partial charge in [0.25, 0.3) is 0 Å². The van der Waals surface area contributed by atoms with E-state index in [1.807, 2.05) is 0 Å². The highest BCUT2D eigenvalue weighted by atomic mass is 32.1. The molecule has 1 rings (SSSR count). The predicted molar refractivity (Wildman–Crippen MR) is 42.6 cm³/mol. The van der Waals surface area contributed by atoms with E-state index in [0.717, 1.165) is 15.9 Å². The Balaban J connectivity index is 3.21. The fraction of sp³-hybridized carbons (Fsp3) is 0.200. The van der Waals surface area contributed by atoms with Gasteiger partial charge in [0, 0.05) is 0 Å². The van der Waals surface area contributed by atoms with Crippen LogP contribution in [0.3, 0.4) is 0 Å². The van der Waals surface area contributed by atoms with Gasteiger partial charge in [-0.3, -0.25) is 0 Å². The second-order valence-electron chi connectivity index (χ2n) is 1.67. The quantitative estimate of drug-likeness (QED) is 0.633. The van der Waals surface area contributed by atoms with Crippen molar-refractivity contribution >= 4 is 29.6 Å². The lowest BCUT2D eigenvalue weighted by atomic mass is 10.8. The molecule has 6 heteroatoms. The molecule has 0 amide bonds. The van der Waals surface area contributed by atoms with Gasteiger partial charge in [0.1, 0.15) is 0 Å². The van der Waals surface area contributed by atoms with Crippen molar-refractivity contribution in [3.8, 4) is 5.88 Å². The van der Waals surface area contributed by atoms with Crippen LogP contribution in [0.25, 0.3) is 0 Å². The Hall–Kier alpha value is -0.880. The highest BCUT2D eigenvalue weighted by Gasteiger charge is 2.10. The van der Waals surface area contributed by atoms with Gasteiger partial charge in [0.2, 0.25) is 5.88 Å². The van der Waals surface area contributed by atoms with Crippen LogP contribution in [0.15, 0.2) is 5.38 Å². The van der Waals surface area contributed by atoms with Crippen LogP contribution in [0.2, 0.25) is 0 Å². The van der Waals surface area contributed by atoms with Crippen LogP contribution in [-0.4, -0.2) is 22.9 Å². The van der Waals surface area contributed by atoms with Crippen molar-refractivity contribution in [1.29, 1.82) is 0 Å². The van der Waals surface area contributed by atoms with E-state index in [-0.39, 0.29) is 9.83 Å². The molecule has 0 aromatic carbocycles. The average molecular weight is 191 g/mol. The number of carbonyl (C=O) groups excluding carboxylic acids is 1. The summed E-state index contributed by atoms with van der Waals surface area (Å²) in [4.78, 5) is 10.8. The molecule has 0 spiro atoms. The van der Waals surface area contributed by atoms with Gasteiger partial charge in [-0.25, -0.2) is 4.79 Å². The fourth-order valence-electron chi connectivity index (χ4n) is 0.561. The van der Waals surface area contributed by atoms with Gasteiger partial charge in [-0.05, 0) is 12.2 Å². The molecule has 0 aliphatic heterocycles. The van der Waals surface area contributed by atoms with Crippen molar-refractivity contribution in [2.24, 2.45) is 0 Å². The molecular weight excluding hydrogens is 186 g/mol. The van der Waals surface area contributed by atoms with Gasteiger partial charge in [-0.15, -0.1) is 11.3 Å². The number of aromatic hydroxyl groups is 1. The number of hydrogen-bond donors (Lipinski definition) is 1. The number of thiazole rings is 1. The molecule has 4 nitrogen and oxygen atoms in total. The van der Waals surface area contributed by atoms with Crippen LogP contribution in [0.5, 0.6) is 5.88 Å². The third-order valence-corrected chi connectivity index (χ3v) is 2.22. The van der Waals surface area contributed by atoms with E-state index >= 15 is 0 Å². The number of aromatic nitrogens is 1. The molecule has 11 heavy (non-hydrogen) atoms. The minimum atomic E-state index is -0.672. The standard InChI is InChI=1S/C5H5NO3S2/c1-9-4(8)6-3(7)2-11-5(6)10/h2,7H,1H3. The van der Waals surface area contributed by atoms with Crippen LogP contribution >= 0.6 is 23.6 Å². The second-order valence-corrected chi connectivity index (χ2v) is 3.17. The molecule has 0 aliphatic carbocycles. The molecule has 1 aromatic rings. The van der Waals surface area contributed by atoms with Crippen molar-refractivity contribution in [1.82, 2.24) is 4.57 Å². The van der Waals surface area contributed by atoms with Gasteiger partial charge in [0.15, 0.2) is 3.95 Å². The maximum absolute atomic E-state index is 10.8. The zero-order valence-corrected chi connectivity index (χ0v) is 7.24. The van der Waals surface area contributed by atoms with Gasteiger partial charge in [0.05, 0.1) is 12.5 Å². The fourth-order valence-corrected chi connectivity index (χ4v) is 1.46. The van der Waals surface area contributed by atoms with E-state index in [1.165, 1.54) is 12.5 Å². The molecule has 1 heterocycles. The highest BCUT2D eigenvalue weighted by molar-refractivity contribution is 7.73.